The highest BCUT2D eigenvalue weighted by molar-refractivity contribution is 5.93. The minimum atomic E-state index is 0.170. The molecular weight excluding hydrogens is 224 g/mol. The van der Waals surface area contributed by atoms with Gasteiger partial charge in [-0.3, -0.25) is 9.78 Å². The molecule has 2 heterocycles. The van der Waals surface area contributed by atoms with Crippen LogP contribution in [0.3, 0.4) is 0 Å². The van der Waals surface area contributed by atoms with E-state index in [9.17, 15) is 4.79 Å². The summed E-state index contributed by atoms with van der Waals surface area (Å²) < 4.78 is 0. The summed E-state index contributed by atoms with van der Waals surface area (Å²) in [6, 6.07) is 4.19. The average Bonchev–Trinajstić information content (AvgIpc) is 2.88. The Bertz CT molecular complexity index is 439. The van der Waals surface area contributed by atoms with Crippen molar-refractivity contribution in [1.29, 1.82) is 0 Å². The van der Waals surface area contributed by atoms with Crippen molar-refractivity contribution >= 4 is 5.91 Å². The Balaban J connectivity index is 2.18. The Morgan fingerprint density at radius 1 is 1.61 bits per heavy atom. The number of nitrogens with zero attached hydrogens (tertiary/aromatic N) is 2. The lowest BCUT2D eigenvalue weighted by atomic mass is 10.1. The predicted octanol–water partition coefficient (Wildman–Crippen LogP) is 3.10. The second-order valence-corrected chi connectivity index (χ2v) is 4.74. The Morgan fingerprint density at radius 3 is 3.11 bits per heavy atom. The summed E-state index contributed by atoms with van der Waals surface area (Å²) in [5, 5.41) is 0. The molecule has 1 aromatic rings. The van der Waals surface area contributed by atoms with E-state index in [1.807, 2.05) is 30.2 Å². The lowest BCUT2D eigenvalue weighted by molar-refractivity contribution is -0.128. The van der Waals surface area contributed by atoms with Crippen LogP contribution < -0.4 is 0 Å². The van der Waals surface area contributed by atoms with E-state index in [-0.39, 0.29) is 11.9 Å². The van der Waals surface area contributed by atoms with Gasteiger partial charge in [-0.2, -0.15) is 0 Å². The molecule has 1 aliphatic rings. The first-order valence-electron chi connectivity index (χ1n) is 6.61. The van der Waals surface area contributed by atoms with Crippen LogP contribution in [-0.4, -0.2) is 22.3 Å². The molecule has 1 saturated heterocycles. The molecule has 96 valence electrons. The molecule has 1 amide bonds. The summed E-state index contributed by atoms with van der Waals surface area (Å²) in [6.07, 6.45) is 8.66. The van der Waals surface area contributed by atoms with E-state index in [0.29, 0.717) is 0 Å². The summed E-state index contributed by atoms with van der Waals surface area (Å²) in [7, 11) is 0. The number of carbonyl (C=O) groups is 1. The summed E-state index contributed by atoms with van der Waals surface area (Å²) in [5.41, 5.74) is 2.00. The van der Waals surface area contributed by atoms with Crippen LogP contribution >= 0.6 is 0 Å². The predicted molar refractivity (Wildman–Crippen MR) is 72.0 cm³/mol. The highest BCUT2D eigenvalue weighted by atomic mass is 16.2. The Labute approximate surface area is 109 Å². The van der Waals surface area contributed by atoms with Crippen molar-refractivity contribution in [2.75, 3.05) is 6.54 Å². The van der Waals surface area contributed by atoms with E-state index in [4.69, 9.17) is 0 Å². The largest absolute Gasteiger partial charge is 0.332 e. The monoisotopic (exact) mass is 244 g/mol. The summed E-state index contributed by atoms with van der Waals surface area (Å²) in [4.78, 5) is 18.5. The number of pyridine rings is 1. The van der Waals surface area contributed by atoms with E-state index in [2.05, 4.69) is 18.0 Å². The smallest absolute Gasteiger partial charge is 0.249 e. The highest BCUT2D eigenvalue weighted by Gasteiger charge is 2.30. The van der Waals surface area contributed by atoms with Crippen molar-refractivity contribution in [2.45, 2.75) is 39.2 Å². The van der Waals surface area contributed by atoms with E-state index in [1.54, 1.807) is 6.20 Å². The van der Waals surface area contributed by atoms with Gasteiger partial charge in [0.05, 0.1) is 6.04 Å². The maximum Gasteiger partial charge on any atom is 0.249 e. The molecule has 2 rings (SSSR count). The van der Waals surface area contributed by atoms with Gasteiger partial charge in [0.15, 0.2) is 0 Å². The normalized spacial score (nSPS) is 20.2. The lowest BCUT2D eigenvalue weighted by Crippen LogP contribution is -2.31. The maximum absolute atomic E-state index is 12.4. The topological polar surface area (TPSA) is 33.2 Å². The third-order valence-corrected chi connectivity index (χ3v) is 3.43. The van der Waals surface area contributed by atoms with Gasteiger partial charge >= 0.3 is 0 Å². The fraction of sp³-hybridized carbons (Fsp3) is 0.467. The molecule has 3 heteroatoms. The fourth-order valence-electron chi connectivity index (χ4n) is 2.55. The Hall–Kier alpha value is -1.64. The molecule has 1 fully saturated rings. The number of rotatable bonds is 3. The highest BCUT2D eigenvalue weighted by Crippen LogP contribution is 2.32. The molecule has 0 unspecified atom stereocenters. The van der Waals surface area contributed by atoms with Gasteiger partial charge in [0.25, 0.3) is 0 Å². The molecule has 0 spiro atoms. The van der Waals surface area contributed by atoms with Gasteiger partial charge in [0, 0.05) is 24.5 Å². The van der Waals surface area contributed by atoms with E-state index >= 15 is 0 Å². The van der Waals surface area contributed by atoms with Gasteiger partial charge in [0.2, 0.25) is 5.91 Å². The molecule has 0 aliphatic carbocycles. The van der Waals surface area contributed by atoms with Crippen LogP contribution in [0.5, 0.6) is 0 Å². The summed E-state index contributed by atoms with van der Waals surface area (Å²) in [6.45, 7) is 4.82. The number of carbonyl (C=O) groups excluding carboxylic acids is 1. The summed E-state index contributed by atoms with van der Waals surface area (Å²) >= 11 is 0. The quantitative estimate of drug-likeness (QED) is 0.765. The van der Waals surface area contributed by atoms with Gasteiger partial charge in [-0.15, -0.1) is 0 Å². The van der Waals surface area contributed by atoms with Gasteiger partial charge in [-0.05, 0) is 37.8 Å². The van der Waals surface area contributed by atoms with Gasteiger partial charge in [0.1, 0.15) is 0 Å². The number of hydrogen-bond donors (Lipinski definition) is 0. The molecule has 0 saturated carbocycles. The first-order valence-corrected chi connectivity index (χ1v) is 6.61. The average molecular weight is 244 g/mol. The molecule has 1 aliphatic heterocycles. The number of amides is 1. The third kappa shape index (κ3) is 2.61. The van der Waals surface area contributed by atoms with Crippen LogP contribution in [0.25, 0.3) is 0 Å². The Morgan fingerprint density at radius 2 is 2.44 bits per heavy atom. The first kappa shape index (κ1) is 12.8. The third-order valence-electron chi connectivity index (χ3n) is 3.43. The maximum atomic E-state index is 12.4. The van der Waals surface area contributed by atoms with Gasteiger partial charge in [-0.25, -0.2) is 0 Å². The van der Waals surface area contributed by atoms with Crippen LogP contribution in [0, 0.1) is 0 Å². The van der Waals surface area contributed by atoms with E-state index in [0.717, 1.165) is 36.9 Å². The van der Waals surface area contributed by atoms with Crippen molar-refractivity contribution in [3.8, 4) is 0 Å². The first-order chi connectivity index (χ1) is 8.74. The second kappa shape index (κ2) is 5.80. The van der Waals surface area contributed by atoms with Crippen molar-refractivity contribution < 1.29 is 4.79 Å². The fourth-order valence-corrected chi connectivity index (χ4v) is 2.55. The van der Waals surface area contributed by atoms with Crippen LogP contribution in [-0.2, 0) is 4.79 Å². The standard InChI is InChI=1S/C15H20N2O/c1-3-6-12(2)15(18)17-10-5-8-14(17)13-7-4-9-16-11-13/h4,6-7,9,11,14H,3,5,8,10H2,1-2H3/b12-6+/t14-/m1/s1. The molecule has 0 N–H and O–H groups in total. The SMILES string of the molecule is CC/C=C(\C)C(=O)N1CCC[C@@H]1c1cccnc1. The van der Waals surface area contributed by atoms with E-state index < -0.39 is 0 Å². The number of likely N-dealkylation sites (tertiary alicyclic amines) is 1. The zero-order chi connectivity index (χ0) is 13.0. The summed E-state index contributed by atoms with van der Waals surface area (Å²) in [5.74, 6) is 0.170. The van der Waals surface area contributed by atoms with Gasteiger partial charge in [-0.1, -0.05) is 19.1 Å². The van der Waals surface area contributed by atoms with Crippen LogP contribution in [0.15, 0.2) is 36.2 Å². The number of aromatic nitrogens is 1. The number of allylic oxidation sites excluding steroid dienone is 1. The van der Waals surface area contributed by atoms with Gasteiger partial charge < -0.3 is 4.90 Å². The zero-order valence-electron chi connectivity index (χ0n) is 11.1. The van der Waals surface area contributed by atoms with E-state index in [1.165, 1.54) is 0 Å². The van der Waals surface area contributed by atoms with Crippen molar-refractivity contribution in [2.24, 2.45) is 0 Å². The van der Waals surface area contributed by atoms with Crippen LogP contribution in [0.1, 0.15) is 44.7 Å². The molecule has 0 radical (unpaired) electrons. The lowest BCUT2D eigenvalue weighted by Gasteiger charge is -2.25. The van der Waals surface area contributed by atoms with Crippen LogP contribution in [0.2, 0.25) is 0 Å². The molecule has 0 aromatic carbocycles. The molecule has 0 bridgehead atoms. The zero-order valence-corrected chi connectivity index (χ0v) is 11.1. The molecule has 1 aromatic heterocycles. The Kier molecular flexibility index (Phi) is 4.13. The van der Waals surface area contributed by atoms with Crippen LogP contribution in [0.4, 0.5) is 0 Å². The van der Waals surface area contributed by atoms with Crippen molar-refractivity contribution in [1.82, 2.24) is 9.88 Å². The minimum absolute atomic E-state index is 0.170. The minimum Gasteiger partial charge on any atom is -0.332 e. The molecular formula is C15H20N2O. The molecule has 18 heavy (non-hydrogen) atoms. The number of hydrogen-bond acceptors (Lipinski definition) is 2. The van der Waals surface area contributed by atoms with Crippen molar-refractivity contribution in [3.05, 3.63) is 41.7 Å². The van der Waals surface area contributed by atoms with Crippen molar-refractivity contribution in [3.63, 3.8) is 0 Å². The molecule has 3 nitrogen and oxygen atoms in total. The second-order valence-electron chi connectivity index (χ2n) is 4.74. The molecule has 1 atom stereocenters.